The molecule has 3 nitrogen and oxygen atoms in total. The van der Waals surface area contributed by atoms with E-state index < -0.39 is 5.97 Å². The SMILES string of the molecule is CC(=CC(=O)O)Cc1ccc2c(ccn2C(c2ccccc2)c2ccccc2)c1. The molecule has 0 saturated carbocycles. The van der Waals surface area contributed by atoms with Crippen LogP contribution in [0, 0.1) is 0 Å². The lowest BCUT2D eigenvalue weighted by Gasteiger charge is -2.21. The highest BCUT2D eigenvalue weighted by molar-refractivity contribution is 5.82. The molecule has 0 aliphatic heterocycles. The number of carboxylic acids is 1. The summed E-state index contributed by atoms with van der Waals surface area (Å²) in [5.41, 5.74) is 5.58. The van der Waals surface area contributed by atoms with Crippen LogP contribution in [0.25, 0.3) is 10.9 Å². The maximum atomic E-state index is 10.9. The van der Waals surface area contributed by atoms with Crippen molar-refractivity contribution in [3.8, 4) is 0 Å². The van der Waals surface area contributed by atoms with Gasteiger partial charge in [0.15, 0.2) is 0 Å². The maximum Gasteiger partial charge on any atom is 0.328 e. The van der Waals surface area contributed by atoms with Gasteiger partial charge in [0.2, 0.25) is 0 Å². The number of hydrogen-bond acceptors (Lipinski definition) is 1. The van der Waals surface area contributed by atoms with E-state index in [-0.39, 0.29) is 6.04 Å². The topological polar surface area (TPSA) is 42.2 Å². The Bertz CT molecular complexity index is 1120. The number of fused-ring (bicyclic) bond motifs is 1. The Balaban J connectivity index is 1.76. The van der Waals surface area contributed by atoms with Gasteiger partial charge in [0.25, 0.3) is 0 Å². The summed E-state index contributed by atoms with van der Waals surface area (Å²) in [4.78, 5) is 10.9. The minimum absolute atomic E-state index is 0.0920. The van der Waals surface area contributed by atoms with Crippen molar-refractivity contribution in [2.45, 2.75) is 19.4 Å². The third-order valence-electron chi connectivity index (χ3n) is 5.15. The van der Waals surface area contributed by atoms with Crippen LogP contribution in [-0.2, 0) is 11.2 Å². The first-order valence-electron chi connectivity index (χ1n) is 9.71. The van der Waals surface area contributed by atoms with Crippen LogP contribution >= 0.6 is 0 Å². The molecule has 1 aromatic heterocycles. The number of nitrogens with zero attached hydrogens (tertiary/aromatic N) is 1. The quantitative estimate of drug-likeness (QED) is 0.426. The summed E-state index contributed by atoms with van der Waals surface area (Å²) in [6, 6.07) is 29.6. The molecule has 0 fully saturated rings. The molecule has 0 saturated heterocycles. The number of benzene rings is 3. The summed E-state index contributed by atoms with van der Waals surface area (Å²) in [5.74, 6) is -0.900. The molecule has 0 aliphatic rings. The van der Waals surface area contributed by atoms with Crippen molar-refractivity contribution < 1.29 is 9.90 Å². The lowest BCUT2D eigenvalue weighted by atomic mass is 9.98. The van der Waals surface area contributed by atoms with E-state index in [0.29, 0.717) is 6.42 Å². The van der Waals surface area contributed by atoms with E-state index in [1.165, 1.54) is 17.2 Å². The maximum absolute atomic E-state index is 10.9. The first-order chi connectivity index (χ1) is 14.1. The Kier molecular flexibility index (Phi) is 5.30. The zero-order valence-corrected chi connectivity index (χ0v) is 16.3. The number of carbonyl (C=O) groups is 1. The van der Waals surface area contributed by atoms with Crippen LogP contribution in [0.4, 0.5) is 0 Å². The average Bonchev–Trinajstić information content (AvgIpc) is 3.12. The molecule has 29 heavy (non-hydrogen) atoms. The fraction of sp³-hybridized carbons (Fsp3) is 0.115. The van der Waals surface area contributed by atoms with Crippen LogP contribution in [0.15, 0.2) is 103 Å². The molecule has 1 N–H and O–H groups in total. The summed E-state index contributed by atoms with van der Waals surface area (Å²) < 4.78 is 2.31. The van der Waals surface area contributed by atoms with E-state index in [2.05, 4.69) is 83.6 Å². The standard InChI is InChI=1S/C26H23NO2/c1-19(17-25(28)29)16-20-12-13-24-23(18-20)14-15-27(24)26(21-8-4-2-5-9-21)22-10-6-3-7-11-22/h2-15,17-18,26H,16H2,1H3,(H,28,29). The lowest BCUT2D eigenvalue weighted by molar-refractivity contribution is -0.131. The molecule has 144 valence electrons. The Hall–Kier alpha value is -3.59. The van der Waals surface area contributed by atoms with Gasteiger partial charge in [-0.3, -0.25) is 0 Å². The Labute approximate surface area is 170 Å². The van der Waals surface area contributed by atoms with Crippen molar-refractivity contribution >= 4 is 16.9 Å². The Morgan fingerprint density at radius 2 is 1.55 bits per heavy atom. The lowest BCUT2D eigenvalue weighted by Crippen LogP contribution is -2.11. The van der Waals surface area contributed by atoms with E-state index in [0.717, 1.165) is 22.0 Å². The number of hydrogen-bond donors (Lipinski definition) is 1. The van der Waals surface area contributed by atoms with E-state index in [1.54, 1.807) is 0 Å². The highest BCUT2D eigenvalue weighted by Gasteiger charge is 2.17. The molecule has 4 aromatic rings. The van der Waals surface area contributed by atoms with Gasteiger partial charge in [-0.25, -0.2) is 4.79 Å². The van der Waals surface area contributed by atoms with Gasteiger partial charge in [0, 0.05) is 17.8 Å². The number of aliphatic carboxylic acids is 1. The van der Waals surface area contributed by atoms with Gasteiger partial charge < -0.3 is 9.67 Å². The number of aromatic nitrogens is 1. The van der Waals surface area contributed by atoms with Gasteiger partial charge in [0.1, 0.15) is 0 Å². The molecule has 3 aromatic carbocycles. The summed E-state index contributed by atoms with van der Waals surface area (Å²) in [7, 11) is 0. The molecule has 4 rings (SSSR count). The van der Waals surface area contributed by atoms with Crippen LogP contribution in [0.2, 0.25) is 0 Å². The molecule has 0 aliphatic carbocycles. The molecular weight excluding hydrogens is 358 g/mol. The predicted molar refractivity (Wildman–Crippen MR) is 117 cm³/mol. The second kappa shape index (κ2) is 8.19. The van der Waals surface area contributed by atoms with Gasteiger partial charge in [-0.15, -0.1) is 0 Å². The number of allylic oxidation sites excluding steroid dienone is 1. The smallest absolute Gasteiger partial charge is 0.328 e. The van der Waals surface area contributed by atoms with E-state index in [9.17, 15) is 4.79 Å². The molecule has 0 bridgehead atoms. The van der Waals surface area contributed by atoms with Crippen molar-refractivity contribution in [3.05, 3.63) is 119 Å². The molecule has 0 atom stereocenters. The largest absolute Gasteiger partial charge is 0.478 e. The van der Waals surface area contributed by atoms with Crippen molar-refractivity contribution in [3.63, 3.8) is 0 Å². The van der Waals surface area contributed by atoms with Gasteiger partial charge in [-0.1, -0.05) is 72.3 Å². The van der Waals surface area contributed by atoms with Crippen molar-refractivity contribution in [1.82, 2.24) is 4.57 Å². The second-order valence-electron chi connectivity index (χ2n) is 7.35. The summed E-state index contributed by atoms with van der Waals surface area (Å²) in [5, 5.41) is 10.1. The molecule has 0 radical (unpaired) electrons. The van der Waals surface area contributed by atoms with E-state index >= 15 is 0 Å². The highest BCUT2D eigenvalue weighted by atomic mass is 16.4. The predicted octanol–water partition coefficient (Wildman–Crippen LogP) is 5.85. The minimum atomic E-state index is -0.900. The molecule has 3 heteroatoms. The monoisotopic (exact) mass is 381 g/mol. The van der Waals surface area contributed by atoms with E-state index in [1.807, 2.05) is 19.1 Å². The van der Waals surface area contributed by atoms with Crippen molar-refractivity contribution in [1.29, 1.82) is 0 Å². The molecule has 0 amide bonds. The summed E-state index contributed by atoms with van der Waals surface area (Å²) in [6.07, 6.45) is 4.05. The van der Waals surface area contributed by atoms with Gasteiger partial charge in [-0.05, 0) is 53.6 Å². The van der Waals surface area contributed by atoms with Gasteiger partial charge in [0.05, 0.1) is 6.04 Å². The first-order valence-corrected chi connectivity index (χ1v) is 9.71. The van der Waals surface area contributed by atoms with Gasteiger partial charge >= 0.3 is 5.97 Å². The zero-order chi connectivity index (χ0) is 20.2. The average molecular weight is 381 g/mol. The van der Waals surface area contributed by atoms with Crippen molar-refractivity contribution in [2.24, 2.45) is 0 Å². The number of carboxylic acid groups (broad SMARTS) is 1. The normalized spacial score (nSPS) is 11.9. The Morgan fingerprint density at radius 3 is 2.14 bits per heavy atom. The molecule has 0 unspecified atom stereocenters. The summed E-state index contributed by atoms with van der Waals surface area (Å²) in [6.45, 7) is 1.85. The Morgan fingerprint density at radius 1 is 0.931 bits per heavy atom. The van der Waals surface area contributed by atoms with Gasteiger partial charge in [-0.2, -0.15) is 0 Å². The van der Waals surface area contributed by atoms with Crippen LogP contribution in [0.3, 0.4) is 0 Å². The fourth-order valence-corrected chi connectivity index (χ4v) is 3.92. The third-order valence-corrected chi connectivity index (χ3v) is 5.15. The minimum Gasteiger partial charge on any atom is -0.478 e. The molecular formula is C26H23NO2. The van der Waals surface area contributed by atoms with E-state index in [4.69, 9.17) is 5.11 Å². The molecule has 0 spiro atoms. The zero-order valence-electron chi connectivity index (χ0n) is 16.3. The van der Waals surface area contributed by atoms with Crippen LogP contribution in [0.1, 0.15) is 29.7 Å². The highest BCUT2D eigenvalue weighted by Crippen LogP contribution is 2.31. The van der Waals surface area contributed by atoms with Crippen LogP contribution in [-0.4, -0.2) is 15.6 Å². The number of rotatable bonds is 6. The van der Waals surface area contributed by atoms with Crippen LogP contribution in [0.5, 0.6) is 0 Å². The molecule has 1 heterocycles. The fourth-order valence-electron chi connectivity index (χ4n) is 3.92. The first kappa shape index (κ1) is 18.8. The third kappa shape index (κ3) is 4.14. The summed E-state index contributed by atoms with van der Waals surface area (Å²) >= 11 is 0. The van der Waals surface area contributed by atoms with Crippen LogP contribution < -0.4 is 0 Å². The second-order valence-corrected chi connectivity index (χ2v) is 7.35. The van der Waals surface area contributed by atoms with Crippen molar-refractivity contribution in [2.75, 3.05) is 0 Å².